The highest BCUT2D eigenvalue weighted by Gasteiger charge is 2.24. The van der Waals surface area contributed by atoms with Crippen molar-refractivity contribution < 1.29 is 19.1 Å². The van der Waals surface area contributed by atoms with Gasteiger partial charge in [0.05, 0.1) is 8.95 Å². The Morgan fingerprint density at radius 2 is 1.83 bits per heavy atom. The van der Waals surface area contributed by atoms with E-state index in [1.807, 2.05) is 36.4 Å². The van der Waals surface area contributed by atoms with Gasteiger partial charge in [-0.3, -0.25) is 4.79 Å². The van der Waals surface area contributed by atoms with E-state index in [1.165, 1.54) is 0 Å². The molecule has 5 nitrogen and oxygen atoms in total. The second-order valence-corrected chi connectivity index (χ2v) is 10.3. The van der Waals surface area contributed by atoms with Crippen LogP contribution in [-0.2, 0) is 14.3 Å². The molecular weight excluding hydrogens is 617 g/mol. The third-order valence-electron chi connectivity index (χ3n) is 3.85. The van der Waals surface area contributed by atoms with Crippen molar-refractivity contribution in [1.82, 2.24) is 0 Å². The molecule has 0 saturated carbocycles. The van der Waals surface area contributed by atoms with Crippen LogP contribution in [0.15, 0.2) is 39.3 Å². The molecule has 1 heterocycles. The molecular formula is C21H18Br2INO4. The Morgan fingerprint density at radius 1 is 1.17 bits per heavy atom. The second-order valence-electron chi connectivity index (χ2n) is 7.39. The van der Waals surface area contributed by atoms with Crippen LogP contribution < -0.4 is 10.1 Å². The molecule has 0 spiro atoms. The maximum Gasteiger partial charge on any atom is 0.344 e. The quantitative estimate of drug-likeness (QED) is 0.254. The average Bonchev–Trinajstić information content (AvgIpc) is 2.88. The molecule has 0 saturated heterocycles. The third-order valence-corrected chi connectivity index (χ3v) is 5.70. The van der Waals surface area contributed by atoms with Crippen LogP contribution in [-0.4, -0.2) is 24.1 Å². The number of carbonyl (C=O) groups is 2. The van der Waals surface area contributed by atoms with E-state index in [0.717, 1.165) is 20.4 Å². The summed E-state index contributed by atoms with van der Waals surface area (Å²) >= 11 is 9.18. The minimum absolute atomic E-state index is 0.139. The maximum absolute atomic E-state index is 12.4. The van der Waals surface area contributed by atoms with E-state index in [0.29, 0.717) is 20.3 Å². The number of hydrogen-bond donors (Lipinski definition) is 1. The number of benzene rings is 2. The zero-order chi connectivity index (χ0) is 21.3. The number of hydrogen-bond acceptors (Lipinski definition) is 4. The van der Waals surface area contributed by atoms with Gasteiger partial charge in [-0.25, -0.2) is 4.79 Å². The molecule has 0 unspecified atom stereocenters. The Kier molecular flexibility index (Phi) is 6.74. The molecule has 0 fully saturated rings. The fourth-order valence-electron chi connectivity index (χ4n) is 2.77. The summed E-state index contributed by atoms with van der Waals surface area (Å²) in [5, 5.41) is 2.88. The van der Waals surface area contributed by atoms with Crippen molar-refractivity contribution in [3.8, 4) is 5.75 Å². The molecule has 152 valence electrons. The van der Waals surface area contributed by atoms with Crippen LogP contribution in [0.3, 0.4) is 0 Å². The van der Waals surface area contributed by atoms with Gasteiger partial charge in [0, 0.05) is 20.4 Å². The van der Waals surface area contributed by atoms with Crippen LogP contribution in [0.4, 0.5) is 5.69 Å². The molecule has 1 aliphatic rings. The fraction of sp³-hybridized carbons (Fsp3) is 0.238. The van der Waals surface area contributed by atoms with Crippen LogP contribution in [0, 0.1) is 3.57 Å². The summed E-state index contributed by atoms with van der Waals surface area (Å²) < 4.78 is 13.2. The lowest BCUT2D eigenvalue weighted by molar-refractivity contribution is -0.157. The summed E-state index contributed by atoms with van der Waals surface area (Å²) in [7, 11) is 0. The molecule has 2 aromatic carbocycles. The van der Waals surface area contributed by atoms with Crippen molar-refractivity contribution in [2.75, 3.05) is 11.9 Å². The van der Waals surface area contributed by atoms with Crippen LogP contribution >= 0.6 is 54.5 Å². The monoisotopic (exact) mass is 633 g/mol. The molecule has 0 radical (unpaired) electrons. The minimum Gasteiger partial charge on any atom is -0.480 e. The molecule has 1 N–H and O–H groups in total. The Bertz CT molecular complexity index is 1000. The molecule has 0 aromatic heterocycles. The van der Waals surface area contributed by atoms with E-state index < -0.39 is 11.6 Å². The minimum atomic E-state index is -0.569. The summed E-state index contributed by atoms with van der Waals surface area (Å²) in [6.07, 6.45) is 1.82. The standard InChI is InChI=1S/C21H18Br2INO4/c1-21(2,3)29-18(26)10-28-19-15(22)7-11(8-16(19)23)6-14-13-9-12(24)4-5-17(13)25-20(14)27/h4-9H,10H2,1-3H3,(H,25,27). The van der Waals surface area contributed by atoms with Gasteiger partial charge in [0.1, 0.15) is 11.4 Å². The summed E-state index contributed by atoms with van der Waals surface area (Å²) in [6, 6.07) is 9.49. The van der Waals surface area contributed by atoms with E-state index >= 15 is 0 Å². The van der Waals surface area contributed by atoms with Crippen molar-refractivity contribution in [3.05, 3.63) is 54.0 Å². The Morgan fingerprint density at radius 3 is 2.45 bits per heavy atom. The van der Waals surface area contributed by atoms with Gasteiger partial charge in [-0.1, -0.05) is 0 Å². The number of amides is 1. The molecule has 3 rings (SSSR count). The highest BCUT2D eigenvalue weighted by molar-refractivity contribution is 14.1. The predicted octanol–water partition coefficient (Wildman–Crippen LogP) is 6.03. The van der Waals surface area contributed by atoms with Crippen molar-refractivity contribution in [1.29, 1.82) is 0 Å². The van der Waals surface area contributed by atoms with Crippen LogP contribution in [0.5, 0.6) is 5.75 Å². The largest absolute Gasteiger partial charge is 0.480 e. The van der Waals surface area contributed by atoms with Crippen molar-refractivity contribution >= 4 is 83.7 Å². The Balaban J connectivity index is 1.83. The maximum atomic E-state index is 12.4. The first kappa shape index (κ1) is 22.3. The first-order valence-corrected chi connectivity index (χ1v) is 11.4. The number of ether oxygens (including phenoxy) is 2. The van der Waals surface area contributed by atoms with E-state index in [9.17, 15) is 9.59 Å². The van der Waals surface area contributed by atoms with Gasteiger partial charge < -0.3 is 14.8 Å². The lowest BCUT2D eigenvalue weighted by Crippen LogP contribution is -2.27. The Hall–Kier alpha value is -1.39. The number of carbonyl (C=O) groups excluding carboxylic acids is 2. The zero-order valence-corrected chi connectivity index (χ0v) is 21.3. The van der Waals surface area contributed by atoms with Gasteiger partial charge in [-0.15, -0.1) is 0 Å². The van der Waals surface area contributed by atoms with Gasteiger partial charge in [-0.2, -0.15) is 0 Å². The summed E-state index contributed by atoms with van der Waals surface area (Å²) in [4.78, 5) is 24.3. The summed E-state index contributed by atoms with van der Waals surface area (Å²) in [5.74, 6) is -0.0975. The average molecular weight is 635 g/mol. The second kappa shape index (κ2) is 8.77. The summed E-state index contributed by atoms with van der Waals surface area (Å²) in [5.41, 5.74) is 2.52. The van der Waals surface area contributed by atoms with E-state index in [-0.39, 0.29) is 12.5 Å². The number of fused-ring (bicyclic) bond motifs is 1. The third kappa shape index (κ3) is 5.61. The SMILES string of the molecule is CC(C)(C)OC(=O)COc1c(Br)cc(C=C2C(=O)Nc3ccc(I)cc32)cc1Br. The van der Waals surface area contributed by atoms with Crippen molar-refractivity contribution in [2.24, 2.45) is 0 Å². The van der Waals surface area contributed by atoms with E-state index in [1.54, 1.807) is 20.8 Å². The van der Waals surface area contributed by atoms with Crippen LogP contribution in [0.1, 0.15) is 31.9 Å². The molecule has 29 heavy (non-hydrogen) atoms. The smallest absolute Gasteiger partial charge is 0.344 e. The van der Waals surface area contributed by atoms with Gasteiger partial charge in [-0.05, 0) is 117 Å². The molecule has 0 bridgehead atoms. The van der Waals surface area contributed by atoms with Gasteiger partial charge in [0.2, 0.25) is 0 Å². The lowest BCUT2D eigenvalue weighted by Gasteiger charge is -2.20. The number of rotatable bonds is 4. The lowest BCUT2D eigenvalue weighted by atomic mass is 10.0. The fourth-order valence-corrected chi connectivity index (χ4v) is 4.72. The normalized spacial score (nSPS) is 14.6. The van der Waals surface area contributed by atoms with E-state index in [2.05, 4.69) is 59.8 Å². The van der Waals surface area contributed by atoms with Gasteiger partial charge in [0.15, 0.2) is 6.61 Å². The molecule has 2 aromatic rings. The summed E-state index contributed by atoms with van der Waals surface area (Å²) in [6.45, 7) is 5.20. The highest BCUT2D eigenvalue weighted by Crippen LogP contribution is 2.38. The molecule has 0 aliphatic carbocycles. The topological polar surface area (TPSA) is 64.6 Å². The molecule has 1 aliphatic heterocycles. The van der Waals surface area contributed by atoms with Crippen molar-refractivity contribution in [3.63, 3.8) is 0 Å². The van der Waals surface area contributed by atoms with Crippen LogP contribution in [0.2, 0.25) is 0 Å². The van der Waals surface area contributed by atoms with E-state index in [4.69, 9.17) is 9.47 Å². The van der Waals surface area contributed by atoms with Gasteiger partial charge in [0.25, 0.3) is 5.91 Å². The van der Waals surface area contributed by atoms with Gasteiger partial charge >= 0.3 is 5.97 Å². The first-order chi connectivity index (χ1) is 13.5. The number of halogens is 3. The first-order valence-electron chi connectivity index (χ1n) is 8.70. The number of nitrogens with one attached hydrogen (secondary N) is 1. The predicted molar refractivity (Wildman–Crippen MR) is 129 cm³/mol. The number of esters is 1. The number of anilines is 1. The van der Waals surface area contributed by atoms with Crippen LogP contribution in [0.25, 0.3) is 11.6 Å². The highest BCUT2D eigenvalue weighted by atomic mass is 127. The molecule has 1 amide bonds. The molecule has 8 heteroatoms. The van der Waals surface area contributed by atoms with Crippen molar-refractivity contribution in [2.45, 2.75) is 26.4 Å². The molecule has 0 atom stereocenters. The zero-order valence-electron chi connectivity index (χ0n) is 15.9. The Labute approximate surface area is 199 Å².